The van der Waals surface area contributed by atoms with Crippen LogP contribution in [0, 0.1) is 10.1 Å². The van der Waals surface area contributed by atoms with E-state index in [-0.39, 0.29) is 18.0 Å². The van der Waals surface area contributed by atoms with E-state index in [0.29, 0.717) is 5.56 Å². The highest BCUT2D eigenvalue weighted by atomic mass is 16.6. The van der Waals surface area contributed by atoms with Gasteiger partial charge in [-0.15, -0.1) is 0 Å². The number of carboxylic acids is 1. The van der Waals surface area contributed by atoms with Crippen LogP contribution >= 0.6 is 0 Å². The van der Waals surface area contributed by atoms with Gasteiger partial charge in [-0.25, -0.2) is 9.59 Å². The first kappa shape index (κ1) is 20.4. The number of rotatable bonds is 8. The summed E-state index contributed by atoms with van der Waals surface area (Å²) >= 11 is 0. The second kappa shape index (κ2) is 9.12. The minimum atomic E-state index is -1.64. The molecule has 0 aliphatic rings. The Kier molecular flexibility index (Phi) is 6.63. The van der Waals surface area contributed by atoms with Crippen molar-refractivity contribution in [1.82, 2.24) is 0 Å². The molecule has 3 N–H and O–H groups in total. The van der Waals surface area contributed by atoms with Gasteiger partial charge >= 0.3 is 12.1 Å². The Balaban J connectivity index is 2.33. The Morgan fingerprint density at radius 3 is 2.21 bits per heavy atom. The number of nitrogens with zero attached hydrogens (tertiary/aromatic N) is 2. The molecule has 0 saturated heterocycles. The third-order valence-corrected chi connectivity index (χ3v) is 3.73. The van der Waals surface area contributed by atoms with Gasteiger partial charge in [0.15, 0.2) is 0 Å². The van der Waals surface area contributed by atoms with Gasteiger partial charge in [-0.2, -0.15) is 0 Å². The summed E-state index contributed by atoms with van der Waals surface area (Å²) in [5, 5.41) is 20.3. The van der Waals surface area contributed by atoms with Crippen LogP contribution in [0.15, 0.2) is 54.6 Å². The Hall–Kier alpha value is -3.95. The number of aliphatic carboxylic acids is 1. The standard InChI is InChI=1S/C18H17N3O7/c19-16(22)10-15(17(23)24)20(13-6-8-14(9-7-13)21(26)27)18(25)28-11-12-4-2-1-3-5-12/h1-9,15H,10-11H2,(H2,19,22)(H,23,24)/t15-/m0/s1. The third-order valence-electron chi connectivity index (χ3n) is 3.73. The van der Waals surface area contributed by atoms with Crippen LogP contribution in [0.3, 0.4) is 0 Å². The van der Waals surface area contributed by atoms with E-state index in [2.05, 4.69) is 0 Å². The molecule has 2 amide bonds. The Labute approximate surface area is 159 Å². The van der Waals surface area contributed by atoms with E-state index in [4.69, 9.17) is 10.5 Å². The molecule has 0 fully saturated rings. The zero-order chi connectivity index (χ0) is 20.7. The summed E-state index contributed by atoms with van der Waals surface area (Å²) in [6.07, 6.45) is -1.70. The predicted octanol–water partition coefficient (Wildman–Crippen LogP) is 2.07. The third kappa shape index (κ3) is 5.27. The van der Waals surface area contributed by atoms with Crippen molar-refractivity contribution in [3.05, 3.63) is 70.3 Å². The minimum absolute atomic E-state index is 0.0114. The van der Waals surface area contributed by atoms with Crippen LogP contribution in [-0.2, 0) is 20.9 Å². The largest absolute Gasteiger partial charge is 0.480 e. The molecule has 146 valence electrons. The van der Waals surface area contributed by atoms with Crippen molar-refractivity contribution in [2.24, 2.45) is 5.73 Å². The lowest BCUT2D eigenvalue weighted by molar-refractivity contribution is -0.384. The number of hydrogen-bond acceptors (Lipinski definition) is 6. The number of non-ortho nitro benzene ring substituents is 1. The van der Waals surface area contributed by atoms with Crippen LogP contribution in [-0.4, -0.2) is 34.0 Å². The molecule has 0 saturated carbocycles. The van der Waals surface area contributed by atoms with Crippen LogP contribution < -0.4 is 10.6 Å². The fourth-order valence-corrected chi connectivity index (χ4v) is 2.42. The van der Waals surface area contributed by atoms with E-state index in [1.54, 1.807) is 30.3 Å². The quantitative estimate of drug-likeness (QED) is 0.519. The maximum atomic E-state index is 12.6. The molecule has 0 aromatic heterocycles. The average Bonchev–Trinajstić information content (AvgIpc) is 2.66. The van der Waals surface area contributed by atoms with Crippen molar-refractivity contribution >= 4 is 29.3 Å². The van der Waals surface area contributed by atoms with E-state index in [1.807, 2.05) is 0 Å². The van der Waals surface area contributed by atoms with Gasteiger partial charge in [0.2, 0.25) is 5.91 Å². The lowest BCUT2D eigenvalue weighted by atomic mass is 10.1. The number of carbonyl (C=O) groups excluding carboxylic acids is 2. The van der Waals surface area contributed by atoms with Crippen molar-refractivity contribution in [3.8, 4) is 0 Å². The number of primary amides is 1. The SMILES string of the molecule is NC(=O)C[C@@H](C(=O)O)N(C(=O)OCc1ccccc1)c1ccc([N+](=O)[O-])cc1. The molecule has 0 bridgehead atoms. The smallest absolute Gasteiger partial charge is 0.415 e. The molecular weight excluding hydrogens is 370 g/mol. The van der Waals surface area contributed by atoms with Gasteiger partial charge in [0, 0.05) is 17.8 Å². The molecule has 0 radical (unpaired) electrons. The summed E-state index contributed by atoms with van der Waals surface area (Å²) in [6, 6.07) is 11.6. The summed E-state index contributed by atoms with van der Waals surface area (Å²) in [5.41, 5.74) is 5.54. The van der Waals surface area contributed by atoms with Gasteiger partial charge in [-0.05, 0) is 17.7 Å². The molecule has 0 unspecified atom stereocenters. The van der Waals surface area contributed by atoms with Crippen molar-refractivity contribution in [1.29, 1.82) is 0 Å². The molecule has 0 aliphatic carbocycles. The average molecular weight is 387 g/mol. The summed E-state index contributed by atoms with van der Waals surface area (Å²) in [5.74, 6) is -2.41. The second-order valence-corrected chi connectivity index (χ2v) is 5.71. The number of ether oxygens (including phenoxy) is 1. The Bertz CT molecular complexity index is 869. The molecule has 0 spiro atoms. The van der Waals surface area contributed by atoms with Crippen molar-refractivity contribution in [3.63, 3.8) is 0 Å². The topological polar surface area (TPSA) is 153 Å². The van der Waals surface area contributed by atoms with Crippen LogP contribution in [0.25, 0.3) is 0 Å². The monoisotopic (exact) mass is 387 g/mol. The fraction of sp³-hybridized carbons (Fsp3) is 0.167. The number of amides is 2. The van der Waals surface area contributed by atoms with Crippen LogP contribution in [0.2, 0.25) is 0 Å². The predicted molar refractivity (Wildman–Crippen MR) is 97.4 cm³/mol. The van der Waals surface area contributed by atoms with Gasteiger partial charge in [-0.3, -0.25) is 19.8 Å². The van der Waals surface area contributed by atoms with Gasteiger partial charge in [-0.1, -0.05) is 30.3 Å². The summed E-state index contributed by atoms with van der Waals surface area (Å²) in [4.78, 5) is 46.4. The number of benzene rings is 2. The number of nitro groups is 1. The molecule has 10 heteroatoms. The summed E-state index contributed by atoms with van der Waals surface area (Å²) in [7, 11) is 0. The lowest BCUT2D eigenvalue weighted by Crippen LogP contribution is -2.47. The number of anilines is 1. The maximum Gasteiger partial charge on any atom is 0.415 e. The normalized spacial score (nSPS) is 11.3. The molecule has 2 aromatic carbocycles. The first-order valence-electron chi connectivity index (χ1n) is 8.05. The van der Waals surface area contributed by atoms with Crippen LogP contribution in [0.1, 0.15) is 12.0 Å². The summed E-state index contributed by atoms with van der Waals surface area (Å²) in [6.45, 7) is -0.133. The summed E-state index contributed by atoms with van der Waals surface area (Å²) < 4.78 is 5.17. The van der Waals surface area contributed by atoms with Crippen molar-refractivity contribution in [2.75, 3.05) is 4.90 Å². The van der Waals surface area contributed by atoms with E-state index >= 15 is 0 Å². The highest BCUT2D eigenvalue weighted by Crippen LogP contribution is 2.24. The molecule has 1 atom stereocenters. The first-order chi connectivity index (χ1) is 13.3. The molecule has 2 aromatic rings. The Morgan fingerprint density at radius 1 is 1.11 bits per heavy atom. The zero-order valence-electron chi connectivity index (χ0n) is 14.6. The molecule has 10 nitrogen and oxygen atoms in total. The molecule has 2 rings (SSSR count). The van der Waals surface area contributed by atoms with E-state index in [0.717, 1.165) is 17.0 Å². The Morgan fingerprint density at radius 2 is 1.71 bits per heavy atom. The number of carboxylic acid groups (broad SMARTS) is 1. The highest BCUT2D eigenvalue weighted by molar-refractivity contribution is 5.97. The molecular formula is C18H17N3O7. The van der Waals surface area contributed by atoms with Gasteiger partial charge in [0.1, 0.15) is 12.6 Å². The molecule has 0 heterocycles. The number of carbonyl (C=O) groups is 3. The lowest BCUT2D eigenvalue weighted by Gasteiger charge is -2.27. The number of hydrogen-bond donors (Lipinski definition) is 2. The van der Waals surface area contributed by atoms with Crippen LogP contribution in [0.4, 0.5) is 16.2 Å². The van der Waals surface area contributed by atoms with Gasteiger partial charge in [0.05, 0.1) is 11.3 Å². The highest BCUT2D eigenvalue weighted by Gasteiger charge is 2.34. The second-order valence-electron chi connectivity index (χ2n) is 5.71. The van der Waals surface area contributed by atoms with Crippen molar-refractivity contribution < 1.29 is 29.2 Å². The molecule has 28 heavy (non-hydrogen) atoms. The van der Waals surface area contributed by atoms with E-state index < -0.39 is 35.4 Å². The van der Waals surface area contributed by atoms with Crippen LogP contribution in [0.5, 0.6) is 0 Å². The van der Waals surface area contributed by atoms with E-state index in [9.17, 15) is 29.6 Å². The number of nitro benzene ring substituents is 1. The minimum Gasteiger partial charge on any atom is -0.480 e. The number of nitrogens with two attached hydrogens (primary N) is 1. The van der Waals surface area contributed by atoms with Gasteiger partial charge < -0.3 is 15.6 Å². The first-order valence-corrected chi connectivity index (χ1v) is 8.05. The fourth-order valence-electron chi connectivity index (χ4n) is 2.42. The van der Waals surface area contributed by atoms with E-state index in [1.165, 1.54) is 12.1 Å². The molecule has 0 aliphatic heterocycles. The zero-order valence-corrected chi connectivity index (χ0v) is 14.6. The maximum absolute atomic E-state index is 12.6. The van der Waals surface area contributed by atoms with Crippen molar-refractivity contribution in [2.45, 2.75) is 19.1 Å². The van der Waals surface area contributed by atoms with Gasteiger partial charge in [0.25, 0.3) is 5.69 Å².